The zero-order valence-corrected chi connectivity index (χ0v) is 10.2. The fourth-order valence-corrected chi connectivity index (χ4v) is 2.25. The molecule has 2 atom stereocenters. The average molecular weight is 232 g/mol. The van der Waals surface area contributed by atoms with Crippen molar-refractivity contribution in [3.8, 4) is 11.9 Å². The molecule has 3 N–H and O–H groups in total. The molecule has 2 rings (SSSR count). The highest BCUT2D eigenvalue weighted by atomic mass is 16.5. The van der Waals surface area contributed by atoms with Crippen LogP contribution >= 0.6 is 0 Å². The number of H-pyrrole nitrogens is 1. The third kappa shape index (κ3) is 1.66. The molecule has 0 saturated carbocycles. The summed E-state index contributed by atoms with van der Waals surface area (Å²) in [5.74, 6) is 0.982. The van der Waals surface area contributed by atoms with Crippen LogP contribution in [0, 0.1) is 24.2 Å². The summed E-state index contributed by atoms with van der Waals surface area (Å²) in [7, 11) is 0. The van der Waals surface area contributed by atoms with Gasteiger partial charge < -0.3 is 10.5 Å². The number of nitrogens with two attached hydrogens (primary N) is 1. The van der Waals surface area contributed by atoms with Crippen LogP contribution in [0.5, 0.6) is 5.88 Å². The van der Waals surface area contributed by atoms with E-state index in [1.54, 1.807) is 0 Å². The molecule has 17 heavy (non-hydrogen) atoms. The molecule has 1 aliphatic heterocycles. The number of nitriles is 1. The number of hydrogen-bond donors (Lipinski definition) is 2. The van der Waals surface area contributed by atoms with Crippen molar-refractivity contribution in [2.24, 2.45) is 11.7 Å². The van der Waals surface area contributed by atoms with E-state index in [0.717, 1.165) is 17.7 Å². The molecule has 0 fully saturated rings. The lowest BCUT2D eigenvalue weighted by Gasteiger charge is -2.27. The predicted octanol–water partition coefficient (Wildman–Crippen LogP) is 1.93. The van der Waals surface area contributed by atoms with Crippen LogP contribution in [0.25, 0.3) is 0 Å². The molecule has 0 aliphatic carbocycles. The molecule has 0 amide bonds. The van der Waals surface area contributed by atoms with Crippen molar-refractivity contribution in [2.45, 2.75) is 33.1 Å². The van der Waals surface area contributed by atoms with E-state index in [-0.39, 0.29) is 11.8 Å². The van der Waals surface area contributed by atoms with Crippen molar-refractivity contribution in [2.75, 3.05) is 0 Å². The summed E-state index contributed by atoms with van der Waals surface area (Å²) in [5.41, 5.74) is 8.19. The second-order valence-electron chi connectivity index (χ2n) is 4.42. The first-order valence-electron chi connectivity index (χ1n) is 5.72. The molecular weight excluding hydrogens is 216 g/mol. The average Bonchev–Trinajstić information content (AvgIpc) is 2.68. The van der Waals surface area contributed by atoms with Crippen LogP contribution in [0.3, 0.4) is 0 Å². The molecule has 5 nitrogen and oxygen atoms in total. The lowest BCUT2D eigenvalue weighted by Crippen LogP contribution is -2.23. The van der Waals surface area contributed by atoms with Gasteiger partial charge in [-0.1, -0.05) is 20.3 Å². The quantitative estimate of drug-likeness (QED) is 0.815. The number of nitrogens with zero attached hydrogens (tertiary/aromatic N) is 2. The van der Waals surface area contributed by atoms with Crippen LogP contribution in [0.2, 0.25) is 0 Å². The maximum absolute atomic E-state index is 9.23. The Morgan fingerprint density at radius 3 is 2.94 bits per heavy atom. The number of aromatic amines is 1. The fraction of sp³-hybridized carbons (Fsp3) is 0.500. The van der Waals surface area contributed by atoms with Crippen LogP contribution in [0.15, 0.2) is 11.5 Å². The van der Waals surface area contributed by atoms with Gasteiger partial charge in [0.1, 0.15) is 6.07 Å². The Labute approximate surface area is 100 Å². The molecule has 0 spiro atoms. The molecule has 1 aliphatic rings. The first kappa shape index (κ1) is 11.5. The predicted molar refractivity (Wildman–Crippen MR) is 63.0 cm³/mol. The monoisotopic (exact) mass is 232 g/mol. The lowest BCUT2D eigenvalue weighted by atomic mass is 9.79. The summed E-state index contributed by atoms with van der Waals surface area (Å²) in [4.78, 5) is 0. The maximum atomic E-state index is 9.23. The van der Waals surface area contributed by atoms with Gasteiger partial charge in [-0.15, -0.1) is 5.10 Å². The standard InChI is InChI=1S/C12H16N4O/c1-4-6(2)9-8(5-13)11(14)17-12-10(9)7(3)15-16-12/h6,9H,4,14H2,1-3H3,(H,15,16)/t6-,9+/m1/s1. The molecule has 1 aromatic rings. The molecule has 5 heteroatoms. The Balaban J connectivity index is 2.58. The number of allylic oxidation sites excluding steroid dienone is 1. The maximum Gasteiger partial charge on any atom is 0.243 e. The summed E-state index contributed by atoms with van der Waals surface area (Å²) in [6.45, 7) is 6.14. The van der Waals surface area contributed by atoms with Crippen LogP contribution in [-0.4, -0.2) is 10.2 Å². The SMILES string of the molecule is CC[C@@H](C)[C@H]1C(C#N)=C(N)Oc2n[nH]c(C)c21. The van der Waals surface area contributed by atoms with E-state index in [1.165, 1.54) is 0 Å². The number of aryl methyl sites for hydroxylation is 1. The van der Waals surface area contributed by atoms with Crippen LogP contribution in [0.1, 0.15) is 37.4 Å². The van der Waals surface area contributed by atoms with E-state index in [2.05, 4.69) is 30.1 Å². The number of rotatable bonds is 2. The molecule has 0 saturated heterocycles. The summed E-state index contributed by atoms with van der Waals surface area (Å²) in [6, 6.07) is 2.16. The van der Waals surface area contributed by atoms with E-state index in [1.807, 2.05) is 6.92 Å². The van der Waals surface area contributed by atoms with Gasteiger partial charge in [0.15, 0.2) is 0 Å². The Morgan fingerprint density at radius 2 is 2.35 bits per heavy atom. The number of aromatic nitrogens is 2. The molecule has 90 valence electrons. The molecule has 0 bridgehead atoms. The van der Waals surface area contributed by atoms with E-state index in [9.17, 15) is 5.26 Å². The summed E-state index contributed by atoms with van der Waals surface area (Å²) in [6.07, 6.45) is 0.965. The third-order valence-electron chi connectivity index (χ3n) is 3.39. The topological polar surface area (TPSA) is 87.7 Å². The number of fused-ring (bicyclic) bond motifs is 1. The molecule has 2 heterocycles. The molecular formula is C12H16N4O. The minimum atomic E-state index is -0.0208. The Kier molecular flexibility index (Phi) is 2.80. The summed E-state index contributed by atoms with van der Waals surface area (Å²) >= 11 is 0. The van der Waals surface area contributed by atoms with Gasteiger partial charge in [0, 0.05) is 17.2 Å². The van der Waals surface area contributed by atoms with Gasteiger partial charge in [0.2, 0.25) is 11.8 Å². The van der Waals surface area contributed by atoms with E-state index in [0.29, 0.717) is 17.4 Å². The van der Waals surface area contributed by atoms with Crippen molar-refractivity contribution in [3.63, 3.8) is 0 Å². The lowest BCUT2D eigenvalue weighted by molar-refractivity contribution is 0.352. The Bertz CT molecular complexity index is 509. The summed E-state index contributed by atoms with van der Waals surface area (Å²) < 4.78 is 5.37. The molecule has 1 aromatic heterocycles. The minimum Gasteiger partial charge on any atom is -0.420 e. The highest BCUT2D eigenvalue weighted by Crippen LogP contribution is 2.43. The largest absolute Gasteiger partial charge is 0.420 e. The van der Waals surface area contributed by atoms with Crippen LogP contribution < -0.4 is 10.5 Å². The first-order valence-corrected chi connectivity index (χ1v) is 5.72. The number of hydrogen-bond acceptors (Lipinski definition) is 4. The third-order valence-corrected chi connectivity index (χ3v) is 3.39. The van der Waals surface area contributed by atoms with Crippen molar-refractivity contribution in [1.82, 2.24) is 10.2 Å². The van der Waals surface area contributed by atoms with Crippen molar-refractivity contribution in [3.05, 3.63) is 22.7 Å². The van der Waals surface area contributed by atoms with Gasteiger partial charge in [-0.2, -0.15) is 5.26 Å². The minimum absolute atomic E-state index is 0.0208. The Morgan fingerprint density at radius 1 is 1.65 bits per heavy atom. The smallest absolute Gasteiger partial charge is 0.243 e. The fourth-order valence-electron chi connectivity index (χ4n) is 2.25. The second kappa shape index (κ2) is 4.13. The van der Waals surface area contributed by atoms with Gasteiger partial charge in [0.25, 0.3) is 0 Å². The van der Waals surface area contributed by atoms with Gasteiger partial charge in [-0.25, -0.2) is 0 Å². The highest BCUT2D eigenvalue weighted by molar-refractivity contribution is 5.48. The first-order chi connectivity index (χ1) is 8.10. The molecule has 0 aromatic carbocycles. The zero-order valence-electron chi connectivity index (χ0n) is 10.2. The van der Waals surface area contributed by atoms with Crippen molar-refractivity contribution in [1.29, 1.82) is 5.26 Å². The number of nitrogens with one attached hydrogen (secondary N) is 1. The molecule has 0 radical (unpaired) electrons. The number of ether oxygens (including phenoxy) is 1. The van der Waals surface area contributed by atoms with E-state index < -0.39 is 0 Å². The van der Waals surface area contributed by atoms with Gasteiger partial charge >= 0.3 is 0 Å². The van der Waals surface area contributed by atoms with Gasteiger partial charge in [-0.3, -0.25) is 5.10 Å². The van der Waals surface area contributed by atoms with Crippen LogP contribution in [-0.2, 0) is 0 Å². The second-order valence-corrected chi connectivity index (χ2v) is 4.42. The van der Waals surface area contributed by atoms with E-state index in [4.69, 9.17) is 10.5 Å². The van der Waals surface area contributed by atoms with Gasteiger partial charge in [0.05, 0.1) is 5.57 Å². The highest BCUT2D eigenvalue weighted by Gasteiger charge is 2.35. The van der Waals surface area contributed by atoms with Crippen LogP contribution in [0.4, 0.5) is 0 Å². The van der Waals surface area contributed by atoms with Gasteiger partial charge in [-0.05, 0) is 12.8 Å². The normalized spacial score (nSPS) is 20.5. The van der Waals surface area contributed by atoms with Crippen molar-refractivity contribution < 1.29 is 4.74 Å². The Hall–Kier alpha value is -1.96. The van der Waals surface area contributed by atoms with E-state index >= 15 is 0 Å². The van der Waals surface area contributed by atoms with Crippen molar-refractivity contribution >= 4 is 0 Å². The zero-order chi connectivity index (χ0) is 12.6. The summed E-state index contributed by atoms with van der Waals surface area (Å²) in [5, 5.41) is 16.2. The molecule has 0 unspecified atom stereocenters.